The van der Waals surface area contributed by atoms with Crippen molar-refractivity contribution in [2.45, 2.75) is 19.4 Å². The fourth-order valence-electron chi connectivity index (χ4n) is 2.41. The van der Waals surface area contributed by atoms with Gasteiger partial charge in [0, 0.05) is 13.1 Å². The first-order chi connectivity index (χ1) is 9.63. The second-order valence-corrected chi connectivity index (χ2v) is 5.18. The van der Waals surface area contributed by atoms with Crippen molar-refractivity contribution in [2.24, 2.45) is 5.92 Å². The maximum Gasteiger partial charge on any atom is 0.257 e. The summed E-state index contributed by atoms with van der Waals surface area (Å²) in [6, 6.07) is 7.24. The second-order valence-electron chi connectivity index (χ2n) is 5.18. The largest absolute Gasteiger partial charge is 0.489 e. The zero-order valence-corrected chi connectivity index (χ0v) is 11.8. The van der Waals surface area contributed by atoms with Gasteiger partial charge in [-0.25, -0.2) is 0 Å². The highest BCUT2D eigenvalue weighted by atomic mass is 16.5. The Morgan fingerprint density at radius 2 is 2.30 bits per heavy atom. The van der Waals surface area contributed by atoms with E-state index in [1.165, 1.54) is 0 Å². The van der Waals surface area contributed by atoms with Crippen LogP contribution in [0.2, 0.25) is 0 Å². The summed E-state index contributed by atoms with van der Waals surface area (Å²) in [4.78, 5) is 14.4. The van der Waals surface area contributed by atoms with Crippen LogP contribution in [0.4, 0.5) is 0 Å². The first-order valence-corrected chi connectivity index (χ1v) is 6.93. The average Bonchev–Trinajstić information content (AvgIpc) is 2.47. The number of piperidine rings is 1. The zero-order chi connectivity index (χ0) is 14.5. The monoisotopic (exact) mass is 275 g/mol. The number of benzene rings is 1. The first kappa shape index (κ1) is 14.6. The van der Waals surface area contributed by atoms with Gasteiger partial charge in [-0.1, -0.05) is 31.7 Å². The van der Waals surface area contributed by atoms with Crippen LogP contribution >= 0.6 is 0 Å². The van der Waals surface area contributed by atoms with Crippen LogP contribution < -0.4 is 4.74 Å². The number of hydrogen-bond donors (Lipinski definition) is 1. The van der Waals surface area contributed by atoms with E-state index in [1.54, 1.807) is 23.1 Å². The predicted octanol–water partition coefficient (Wildman–Crippen LogP) is 2.09. The molecular weight excluding hydrogens is 254 g/mol. The molecule has 1 N–H and O–H groups in total. The fourth-order valence-corrected chi connectivity index (χ4v) is 2.41. The van der Waals surface area contributed by atoms with E-state index in [2.05, 4.69) is 6.58 Å². The van der Waals surface area contributed by atoms with Gasteiger partial charge in [-0.2, -0.15) is 0 Å². The van der Waals surface area contributed by atoms with Crippen LogP contribution in [0.15, 0.2) is 36.9 Å². The molecule has 0 spiro atoms. The Morgan fingerprint density at radius 1 is 1.55 bits per heavy atom. The van der Waals surface area contributed by atoms with Crippen molar-refractivity contribution in [2.75, 3.05) is 19.7 Å². The van der Waals surface area contributed by atoms with Gasteiger partial charge in [-0.05, 0) is 24.5 Å². The summed E-state index contributed by atoms with van der Waals surface area (Å²) >= 11 is 0. The molecule has 1 fully saturated rings. The van der Waals surface area contributed by atoms with E-state index in [0.717, 1.165) is 0 Å². The van der Waals surface area contributed by atoms with Crippen molar-refractivity contribution in [3.63, 3.8) is 0 Å². The lowest BCUT2D eigenvalue weighted by Gasteiger charge is -2.34. The number of aliphatic hydroxyl groups excluding tert-OH is 1. The number of para-hydroxylation sites is 1. The van der Waals surface area contributed by atoms with E-state index < -0.39 is 0 Å². The Balaban J connectivity index is 2.14. The highest BCUT2D eigenvalue weighted by molar-refractivity contribution is 5.97. The molecule has 1 aliphatic heterocycles. The van der Waals surface area contributed by atoms with Crippen LogP contribution in [-0.4, -0.2) is 41.7 Å². The summed E-state index contributed by atoms with van der Waals surface area (Å²) in [5.41, 5.74) is 0.568. The quantitative estimate of drug-likeness (QED) is 0.856. The van der Waals surface area contributed by atoms with Crippen LogP contribution in [0, 0.1) is 5.92 Å². The third-order valence-electron chi connectivity index (χ3n) is 3.62. The highest BCUT2D eigenvalue weighted by Gasteiger charge is 2.28. The van der Waals surface area contributed by atoms with Gasteiger partial charge >= 0.3 is 0 Å². The molecule has 2 rings (SSSR count). The number of carbonyl (C=O) groups is 1. The lowest BCUT2D eigenvalue weighted by Crippen LogP contribution is -2.45. The Morgan fingerprint density at radius 3 is 3.00 bits per heavy atom. The van der Waals surface area contributed by atoms with E-state index in [9.17, 15) is 9.90 Å². The summed E-state index contributed by atoms with van der Waals surface area (Å²) in [5, 5.41) is 9.74. The molecule has 0 bridgehead atoms. The molecule has 0 radical (unpaired) electrons. The predicted molar refractivity (Wildman–Crippen MR) is 77.8 cm³/mol. The number of aliphatic hydroxyl groups is 1. The van der Waals surface area contributed by atoms with Crippen molar-refractivity contribution in [3.8, 4) is 5.75 Å². The van der Waals surface area contributed by atoms with Crippen molar-refractivity contribution >= 4 is 5.91 Å². The third kappa shape index (κ3) is 3.20. The number of hydrogen-bond acceptors (Lipinski definition) is 3. The van der Waals surface area contributed by atoms with Gasteiger partial charge in [0.15, 0.2) is 0 Å². The average molecular weight is 275 g/mol. The van der Waals surface area contributed by atoms with Crippen LogP contribution in [0.5, 0.6) is 5.75 Å². The van der Waals surface area contributed by atoms with Crippen molar-refractivity contribution < 1.29 is 14.6 Å². The van der Waals surface area contributed by atoms with Gasteiger partial charge in [-0.15, -0.1) is 0 Å². The maximum atomic E-state index is 12.6. The summed E-state index contributed by atoms with van der Waals surface area (Å²) in [7, 11) is 0. The molecular formula is C16H21NO3. The SMILES string of the molecule is C=CCOc1ccccc1C(=O)N1CCC(O)C(C)C1. The lowest BCUT2D eigenvalue weighted by atomic mass is 9.96. The number of ether oxygens (including phenoxy) is 1. The normalized spacial score (nSPS) is 22.4. The third-order valence-corrected chi connectivity index (χ3v) is 3.62. The van der Waals surface area contributed by atoms with E-state index >= 15 is 0 Å². The molecule has 1 heterocycles. The molecule has 1 saturated heterocycles. The van der Waals surface area contributed by atoms with Gasteiger partial charge < -0.3 is 14.7 Å². The minimum Gasteiger partial charge on any atom is -0.489 e. The molecule has 108 valence electrons. The standard InChI is InChI=1S/C16H21NO3/c1-3-10-20-15-7-5-4-6-13(15)16(19)17-9-8-14(18)12(2)11-17/h3-7,12,14,18H,1,8-11H2,2H3. The Labute approximate surface area is 119 Å². The van der Waals surface area contributed by atoms with Crippen LogP contribution in [0.3, 0.4) is 0 Å². The topological polar surface area (TPSA) is 49.8 Å². The molecule has 0 saturated carbocycles. The smallest absolute Gasteiger partial charge is 0.257 e. The summed E-state index contributed by atoms with van der Waals surface area (Å²) in [6.07, 6.45) is 1.97. The van der Waals surface area contributed by atoms with Gasteiger partial charge in [-0.3, -0.25) is 4.79 Å². The molecule has 1 aromatic carbocycles. The minimum atomic E-state index is -0.314. The Kier molecular flexibility index (Phi) is 4.79. The summed E-state index contributed by atoms with van der Waals surface area (Å²) < 4.78 is 5.53. The molecule has 1 aliphatic rings. The summed E-state index contributed by atoms with van der Waals surface area (Å²) in [6.45, 7) is 7.11. The molecule has 2 atom stereocenters. The van der Waals surface area contributed by atoms with Crippen molar-refractivity contribution in [3.05, 3.63) is 42.5 Å². The Hall–Kier alpha value is -1.81. The van der Waals surface area contributed by atoms with Crippen LogP contribution in [0.25, 0.3) is 0 Å². The van der Waals surface area contributed by atoms with Crippen LogP contribution in [-0.2, 0) is 0 Å². The van der Waals surface area contributed by atoms with Gasteiger partial charge in [0.05, 0.1) is 11.7 Å². The number of nitrogens with zero attached hydrogens (tertiary/aromatic N) is 1. The number of carbonyl (C=O) groups excluding carboxylic acids is 1. The van der Waals surface area contributed by atoms with Gasteiger partial charge in [0.25, 0.3) is 5.91 Å². The zero-order valence-electron chi connectivity index (χ0n) is 11.8. The number of likely N-dealkylation sites (tertiary alicyclic amines) is 1. The fraction of sp³-hybridized carbons (Fsp3) is 0.438. The van der Waals surface area contributed by atoms with E-state index in [1.807, 2.05) is 19.1 Å². The minimum absolute atomic E-state index is 0.0385. The molecule has 2 unspecified atom stereocenters. The number of amides is 1. The summed E-state index contributed by atoms with van der Waals surface area (Å²) in [5.74, 6) is 0.647. The second kappa shape index (κ2) is 6.57. The van der Waals surface area contributed by atoms with E-state index in [-0.39, 0.29) is 17.9 Å². The lowest BCUT2D eigenvalue weighted by molar-refractivity contribution is 0.0295. The molecule has 0 aliphatic carbocycles. The molecule has 20 heavy (non-hydrogen) atoms. The molecule has 1 aromatic rings. The van der Waals surface area contributed by atoms with Gasteiger partial charge in [0.1, 0.15) is 12.4 Å². The maximum absolute atomic E-state index is 12.6. The van der Waals surface area contributed by atoms with E-state index in [0.29, 0.717) is 37.4 Å². The van der Waals surface area contributed by atoms with Gasteiger partial charge in [0.2, 0.25) is 0 Å². The molecule has 1 amide bonds. The highest BCUT2D eigenvalue weighted by Crippen LogP contribution is 2.23. The molecule has 4 heteroatoms. The van der Waals surface area contributed by atoms with Crippen LogP contribution in [0.1, 0.15) is 23.7 Å². The molecule has 4 nitrogen and oxygen atoms in total. The van der Waals surface area contributed by atoms with E-state index in [4.69, 9.17) is 4.74 Å². The first-order valence-electron chi connectivity index (χ1n) is 6.93. The van der Waals surface area contributed by atoms with Crippen molar-refractivity contribution in [1.82, 2.24) is 4.90 Å². The van der Waals surface area contributed by atoms with Crippen molar-refractivity contribution in [1.29, 1.82) is 0 Å². The molecule has 0 aromatic heterocycles. The Bertz CT molecular complexity index is 486. The number of rotatable bonds is 4.